The van der Waals surface area contributed by atoms with Gasteiger partial charge < -0.3 is 5.32 Å². The zero-order valence-corrected chi connectivity index (χ0v) is 16.5. The monoisotopic (exact) mass is 462 g/mol. The van der Waals surface area contributed by atoms with E-state index in [4.69, 9.17) is 12.2 Å². The summed E-state index contributed by atoms with van der Waals surface area (Å²) in [5.74, 6) is -3.61. The van der Waals surface area contributed by atoms with Gasteiger partial charge in [0.25, 0.3) is 11.8 Å². The van der Waals surface area contributed by atoms with Gasteiger partial charge in [-0.2, -0.15) is 5.10 Å². The molecule has 0 unspecified atom stereocenters. The number of hydrazone groups is 1. The van der Waals surface area contributed by atoms with Gasteiger partial charge in [-0.15, -0.1) is 0 Å². The Morgan fingerprint density at radius 3 is 2.46 bits per heavy atom. The summed E-state index contributed by atoms with van der Waals surface area (Å²) in [6.07, 6.45) is 1.02. The maximum Gasteiger partial charge on any atom is 0.271 e. The zero-order valence-electron chi connectivity index (χ0n) is 14.1. The number of carbonyl (C=O) groups is 3. The first-order chi connectivity index (χ1) is 13.4. The summed E-state index contributed by atoms with van der Waals surface area (Å²) in [6, 6.07) is 11.6. The van der Waals surface area contributed by atoms with Crippen LogP contribution in [0.1, 0.15) is 10.4 Å². The Bertz CT molecular complexity index is 979. The SMILES string of the molecule is O=C(N/N=C\[C@H]1C(=O)NC(=S)N(c2ccc(Br)cc2)C1=O)c1ccc(F)cc1. The number of hydrogen-bond donors (Lipinski definition) is 2. The van der Waals surface area contributed by atoms with Crippen molar-refractivity contribution < 1.29 is 18.8 Å². The van der Waals surface area contributed by atoms with Crippen LogP contribution in [0.3, 0.4) is 0 Å². The van der Waals surface area contributed by atoms with Crippen molar-refractivity contribution in [1.29, 1.82) is 0 Å². The van der Waals surface area contributed by atoms with Crippen molar-refractivity contribution >= 4 is 62.9 Å². The van der Waals surface area contributed by atoms with E-state index in [1.165, 1.54) is 17.0 Å². The molecule has 3 rings (SSSR count). The van der Waals surface area contributed by atoms with Crippen molar-refractivity contribution in [2.75, 3.05) is 4.90 Å². The quantitative estimate of drug-likeness (QED) is 0.315. The molecule has 2 aromatic rings. The maximum atomic E-state index is 12.9. The van der Waals surface area contributed by atoms with Gasteiger partial charge in [-0.25, -0.2) is 9.82 Å². The summed E-state index contributed by atoms with van der Waals surface area (Å²) in [5.41, 5.74) is 2.85. The third-order valence-electron chi connectivity index (χ3n) is 3.78. The first-order valence-electron chi connectivity index (χ1n) is 7.90. The highest BCUT2D eigenvalue weighted by atomic mass is 79.9. The van der Waals surface area contributed by atoms with E-state index in [1.807, 2.05) is 0 Å². The molecule has 0 radical (unpaired) electrons. The molecular weight excluding hydrogens is 451 g/mol. The Kier molecular flexibility index (Phi) is 5.90. The Labute approximate surface area is 172 Å². The summed E-state index contributed by atoms with van der Waals surface area (Å²) in [6.45, 7) is 0. The average molecular weight is 463 g/mol. The molecule has 1 heterocycles. The van der Waals surface area contributed by atoms with Crippen molar-refractivity contribution in [2.45, 2.75) is 0 Å². The van der Waals surface area contributed by atoms with E-state index in [1.54, 1.807) is 24.3 Å². The van der Waals surface area contributed by atoms with Crippen LogP contribution in [-0.4, -0.2) is 29.0 Å². The summed E-state index contributed by atoms with van der Waals surface area (Å²) in [5, 5.41) is 6.08. The Morgan fingerprint density at radius 2 is 1.82 bits per heavy atom. The number of anilines is 1. The lowest BCUT2D eigenvalue weighted by Crippen LogP contribution is -2.58. The fraction of sp³-hybridized carbons (Fsp3) is 0.0556. The molecule has 1 atom stereocenters. The molecule has 1 aliphatic heterocycles. The third kappa shape index (κ3) is 4.29. The second-order valence-corrected chi connectivity index (χ2v) is 6.95. The molecule has 7 nitrogen and oxygen atoms in total. The summed E-state index contributed by atoms with van der Waals surface area (Å²) in [4.78, 5) is 38.0. The van der Waals surface area contributed by atoms with Crippen LogP contribution >= 0.6 is 28.1 Å². The third-order valence-corrected chi connectivity index (χ3v) is 4.60. The fourth-order valence-corrected chi connectivity index (χ4v) is 2.95. The summed E-state index contributed by atoms with van der Waals surface area (Å²) < 4.78 is 13.7. The lowest BCUT2D eigenvalue weighted by Gasteiger charge is -2.30. The number of hydrogen-bond acceptors (Lipinski definition) is 5. The minimum atomic E-state index is -1.27. The average Bonchev–Trinajstić information content (AvgIpc) is 2.66. The first-order valence-corrected chi connectivity index (χ1v) is 9.10. The maximum absolute atomic E-state index is 12.9. The minimum Gasteiger partial charge on any atom is -0.301 e. The van der Waals surface area contributed by atoms with Gasteiger partial charge in [-0.05, 0) is 60.7 Å². The first kappa shape index (κ1) is 19.8. The molecule has 0 aliphatic carbocycles. The standard InChI is InChI=1S/C18H12BrFN4O3S/c19-11-3-7-13(8-4-11)24-17(27)14(16(26)22-18(24)28)9-21-23-15(25)10-1-5-12(20)6-2-10/h1-9,14H,(H,23,25)(H,22,26,28)/b21-9-/t14-/m0/s1. The minimum absolute atomic E-state index is 0.0441. The van der Waals surface area contributed by atoms with E-state index >= 15 is 0 Å². The molecule has 1 saturated heterocycles. The van der Waals surface area contributed by atoms with Crippen molar-refractivity contribution in [3.8, 4) is 0 Å². The fourth-order valence-electron chi connectivity index (χ4n) is 2.39. The molecule has 1 fully saturated rings. The number of halogens is 2. The second-order valence-electron chi connectivity index (χ2n) is 5.65. The number of rotatable bonds is 4. The van der Waals surface area contributed by atoms with Gasteiger partial charge in [0.1, 0.15) is 5.82 Å². The Morgan fingerprint density at radius 1 is 1.18 bits per heavy atom. The van der Waals surface area contributed by atoms with Crippen LogP contribution in [-0.2, 0) is 9.59 Å². The largest absolute Gasteiger partial charge is 0.301 e. The van der Waals surface area contributed by atoms with E-state index in [-0.39, 0.29) is 10.7 Å². The van der Waals surface area contributed by atoms with Crippen LogP contribution in [0.25, 0.3) is 0 Å². The van der Waals surface area contributed by atoms with Crippen LogP contribution in [0.2, 0.25) is 0 Å². The molecule has 0 bridgehead atoms. The van der Waals surface area contributed by atoms with E-state index in [0.29, 0.717) is 5.69 Å². The highest BCUT2D eigenvalue weighted by molar-refractivity contribution is 9.10. The molecule has 2 aromatic carbocycles. The molecule has 0 saturated carbocycles. The van der Waals surface area contributed by atoms with Gasteiger partial charge in [-0.3, -0.25) is 19.3 Å². The molecule has 3 amide bonds. The summed E-state index contributed by atoms with van der Waals surface area (Å²) in [7, 11) is 0. The Balaban J connectivity index is 1.74. The molecule has 0 spiro atoms. The Hall–Kier alpha value is -2.98. The number of thiocarbonyl (C=S) groups is 1. The van der Waals surface area contributed by atoms with Gasteiger partial charge in [0.05, 0.1) is 5.69 Å². The molecule has 2 N–H and O–H groups in total. The van der Waals surface area contributed by atoms with Crippen LogP contribution < -0.4 is 15.6 Å². The van der Waals surface area contributed by atoms with Crippen LogP contribution in [0.15, 0.2) is 58.1 Å². The lowest BCUT2D eigenvalue weighted by molar-refractivity contribution is -0.130. The number of carbonyl (C=O) groups excluding carboxylic acids is 3. The number of benzene rings is 2. The molecular formula is C18H12BrFN4O3S. The predicted molar refractivity (Wildman–Crippen MR) is 108 cm³/mol. The van der Waals surface area contributed by atoms with Crippen molar-refractivity contribution in [2.24, 2.45) is 11.0 Å². The van der Waals surface area contributed by atoms with E-state index < -0.39 is 29.5 Å². The van der Waals surface area contributed by atoms with Gasteiger partial charge in [0.15, 0.2) is 11.0 Å². The molecule has 1 aliphatic rings. The molecule has 0 aromatic heterocycles. The van der Waals surface area contributed by atoms with Crippen molar-refractivity contribution in [3.05, 3.63) is 64.4 Å². The molecule has 142 valence electrons. The number of nitrogens with one attached hydrogen (secondary N) is 2. The second kappa shape index (κ2) is 8.36. The van der Waals surface area contributed by atoms with E-state index in [2.05, 4.69) is 31.8 Å². The number of amides is 3. The smallest absolute Gasteiger partial charge is 0.271 e. The molecule has 10 heteroatoms. The van der Waals surface area contributed by atoms with Crippen LogP contribution in [0.4, 0.5) is 10.1 Å². The summed E-state index contributed by atoms with van der Waals surface area (Å²) >= 11 is 8.40. The topological polar surface area (TPSA) is 90.9 Å². The van der Waals surface area contributed by atoms with Crippen molar-refractivity contribution in [1.82, 2.24) is 10.7 Å². The normalized spacial score (nSPS) is 17.0. The van der Waals surface area contributed by atoms with Gasteiger partial charge in [0.2, 0.25) is 5.91 Å². The van der Waals surface area contributed by atoms with Crippen LogP contribution in [0.5, 0.6) is 0 Å². The zero-order chi connectivity index (χ0) is 20.3. The number of nitrogens with zero attached hydrogens (tertiary/aromatic N) is 2. The van der Waals surface area contributed by atoms with Gasteiger partial charge >= 0.3 is 0 Å². The van der Waals surface area contributed by atoms with E-state index in [9.17, 15) is 18.8 Å². The van der Waals surface area contributed by atoms with E-state index in [0.717, 1.165) is 22.8 Å². The van der Waals surface area contributed by atoms with Gasteiger partial charge in [0, 0.05) is 16.3 Å². The predicted octanol–water partition coefficient (Wildman–Crippen LogP) is 2.37. The highest BCUT2D eigenvalue weighted by Gasteiger charge is 2.38. The van der Waals surface area contributed by atoms with Gasteiger partial charge in [-0.1, -0.05) is 15.9 Å². The highest BCUT2D eigenvalue weighted by Crippen LogP contribution is 2.22. The lowest BCUT2D eigenvalue weighted by atomic mass is 10.1. The van der Waals surface area contributed by atoms with Crippen molar-refractivity contribution in [3.63, 3.8) is 0 Å². The molecule has 28 heavy (non-hydrogen) atoms. The van der Waals surface area contributed by atoms with Crippen LogP contribution in [0, 0.1) is 11.7 Å².